The van der Waals surface area contributed by atoms with E-state index in [-0.39, 0.29) is 68.6 Å². The summed E-state index contributed by atoms with van der Waals surface area (Å²) in [4.78, 5) is 22.1. The number of carboxylic acid groups (broad SMARTS) is 1. The molecule has 0 aliphatic carbocycles. The summed E-state index contributed by atoms with van der Waals surface area (Å²) in [7, 11) is -4.78. The first-order valence-corrected chi connectivity index (χ1v) is 10.1. The van der Waals surface area contributed by atoms with Gasteiger partial charge in [-0.1, -0.05) is 64.7 Å². The van der Waals surface area contributed by atoms with Gasteiger partial charge in [-0.3, -0.25) is 14.1 Å². The second-order valence-corrected chi connectivity index (χ2v) is 7.55. The van der Waals surface area contributed by atoms with Crippen molar-refractivity contribution in [1.82, 2.24) is 0 Å². The molecule has 0 saturated heterocycles. The average molecular weight is 414 g/mol. The minimum absolute atomic E-state index is 0. The smallest absolute Gasteiger partial charge is 1.00 e. The largest absolute Gasteiger partial charge is 1.00 e. The molecule has 0 aliphatic heterocycles. The van der Waals surface area contributed by atoms with Gasteiger partial charge < -0.3 is 12.7 Å². The molecular weight excluding hydrogens is 382 g/mol. The van der Waals surface area contributed by atoms with E-state index in [1.807, 2.05) is 0 Å². The van der Waals surface area contributed by atoms with Crippen molar-refractivity contribution in [3.8, 4) is 0 Å². The minimum atomic E-state index is -4.78. The van der Waals surface area contributed by atoms with Crippen molar-refractivity contribution in [3.63, 3.8) is 0 Å². The summed E-state index contributed by atoms with van der Waals surface area (Å²) in [5.41, 5.74) is 0. The van der Waals surface area contributed by atoms with E-state index in [0.717, 1.165) is 19.3 Å². The van der Waals surface area contributed by atoms with Crippen LogP contribution in [0.4, 0.5) is 0 Å². The Morgan fingerprint density at radius 3 is 1.73 bits per heavy atom. The molecular formula is C16H32Na2O7S. The number of carbonyl (C=O) groups is 2. The van der Waals surface area contributed by atoms with E-state index >= 15 is 0 Å². The maximum absolute atomic E-state index is 11.6. The predicted octanol–water partition coefficient (Wildman–Crippen LogP) is -2.59. The molecule has 146 valence electrons. The van der Waals surface area contributed by atoms with Crippen LogP contribution in [0.5, 0.6) is 0 Å². The molecule has 0 spiro atoms. The Morgan fingerprint density at radius 2 is 1.35 bits per heavy atom. The summed E-state index contributed by atoms with van der Waals surface area (Å²) in [6.45, 7) is 2.22. The monoisotopic (exact) mass is 414 g/mol. The van der Waals surface area contributed by atoms with Gasteiger partial charge in [-0.05, 0) is 6.42 Å². The Bertz CT molecular complexity index is 480. The van der Waals surface area contributed by atoms with Crippen LogP contribution >= 0.6 is 0 Å². The maximum Gasteiger partial charge on any atom is 1.00 e. The minimum Gasteiger partial charge on any atom is -1.00 e. The van der Waals surface area contributed by atoms with Crippen molar-refractivity contribution < 1.29 is 94.4 Å². The van der Waals surface area contributed by atoms with Crippen LogP contribution in [-0.4, -0.2) is 41.9 Å². The molecule has 0 aromatic rings. The van der Waals surface area contributed by atoms with E-state index in [4.69, 9.17) is 14.4 Å². The van der Waals surface area contributed by atoms with Gasteiger partial charge in [-0.15, -0.1) is 0 Å². The number of hydrogen-bond acceptors (Lipinski definition) is 5. The zero-order valence-corrected chi connectivity index (χ0v) is 21.2. The van der Waals surface area contributed by atoms with Crippen LogP contribution in [0.1, 0.15) is 80.4 Å². The molecule has 26 heavy (non-hydrogen) atoms. The molecule has 0 aromatic carbocycles. The SMILES string of the molecule is CCCCCCCCCCCCOC(=O)C(CC(=O)O)S(=O)(=O)O.[H-].[H-].[Na+].[Na+]. The summed E-state index contributed by atoms with van der Waals surface area (Å²) >= 11 is 0. The third-order valence-corrected chi connectivity index (χ3v) is 4.80. The molecule has 2 N–H and O–H groups in total. The molecule has 7 nitrogen and oxygen atoms in total. The number of ether oxygens (including phenoxy) is 1. The van der Waals surface area contributed by atoms with Gasteiger partial charge in [0.25, 0.3) is 10.1 Å². The second kappa shape index (κ2) is 19.2. The molecule has 0 aliphatic rings. The van der Waals surface area contributed by atoms with Crippen LogP contribution in [0.25, 0.3) is 0 Å². The summed E-state index contributed by atoms with van der Waals surface area (Å²) in [6.07, 6.45) is 10.1. The molecule has 0 amide bonds. The molecule has 10 heteroatoms. The van der Waals surface area contributed by atoms with Crippen molar-refractivity contribution in [2.24, 2.45) is 0 Å². The first kappa shape index (κ1) is 31.5. The number of rotatable bonds is 15. The molecule has 0 fully saturated rings. The number of esters is 1. The zero-order chi connectivity index (χ0) is 18.4. The summed E-state index contributed by atoms with van der Waals surface area (Å²) < 4.78 is 35.6. The standard InChI is InChI=1S/C16H30O7S.2Na.2H/c1-2-3-4-5-6-7-8-9-10-11-12-23-16(19)14(13-15(17)18)24(20,21)22;;;;/h14H,2-13H2,1H3,(H,17,18)(H,20,21,22);;;;/q;2*+1;2*-1. The van der Waals surface area contributed by atoms with Crippen molar-refractivity contribution in [1.29, 1.82) is 0 Å². The molecule has 0 bridgehead atoms. The fraction of sp³-hybridized carbons (Fsp3) is 0.875. The summed E-state index contributed by atoms with van der Waals surface area (Å²) in [5, 5.41) is 6.52. The molecule has 0 aromatic heterocycles. The van der Waals surface area contributed by atoms with Crippen LogP contribution < -0.4 is 59.1 Å². The fourth-order valence-electron chi connectivity index (χ4n) is 2.32. The maximum atomic E-state index is 11.6. The van der Waals surface area contributed by atoms with Crippen molar-refractivity contribution >= 4 is 22.1 Å². The molecule has 0 radical (unpaired) electrons. The van der Waals surface area contributed by atoms with Gasteiger partial charge in [0.05, 0.1) is 13.0 Å². The van der Waals surface area contributed by atoms with Crippen molar-refractivity contribution in [2.75, 3.05) is 6.61 Å². The first-order valence-electron chi connectivity index (χ1n) is 8.63. The second-order valence-electron chi connectivity index (χ2n) is 5.95. The Morgan fingerprint density at radius 1 is 0.923 bits per heavy atom. The molecule has 0 heterocycles. The van der Waals surface area contributed by atoms with Gasteiger partial charge in [0, 0.05) is 0 Å². The predicted molar refractivity (Wildman–Crippen MR) is 92.6 cm³/mol. The van der Waals surface area contributed by atoms with E-state index in [9.17, 15) is 18.0 Å². The van der Waals surface area contributed by atoms with Crippen LogP contribution in [0, 0.1) is 0 Å². The molecule has 1 unspecified atom stereocenters. The van der Waals surface area contributed by atoms with Crippen LogP contribution in [0.15, 0.2) is 0 Å². The Labute approximate surface area is 204 Å². The number of aliphatic carboxylic acids is 1. The number of carboxylic acids is 1. The van der Waals surface area contributed by atoms with Crippen molar-refractivity contribution in [3.05, 3.63) is 0 Å². The third-order valence-electron chi connectivity index (χ3n) is 3.72. The van der Waals surface area contributed by atoms with E-state index in [1.54, 1.807) is 0 Å². The Balaban J connectivity index is -0.000000441. The van der Waals surface area contributed by atoms with Crippen LogP contribution in [-0.2, 0) is 24.4 Å². The van der Waals surface area contributed by atoms with E-state index in [0.29, 0.717) is 6.42 Å². The molecule has 0 saturated carbocycles. The van der Waals surface area contributed by atoms with Gasteiger partial charge in [0.15, 0.2) is 5.25 Å². The van der Waals surface area contributed by atoms with Crippen LogP contribution in [0.2, 0.25) is 0 Å². The van der Waals surface area contributed by atoms with Crippen molar-refractivity contribution in [2.45, 2.75) is 82.8 Å². The first-order chi connectivity index (χ1) is 11.3. The zero-order valence-electron chi connectivity index (χ0n) is 18.4. The number of unbranched alkanes of at least 4 members (excludes halogenated alkanes) is 9. The molecule has 1 atom stereocenters. The summed E-state index contributed by atoms with van der Waals surface area (Å²) in [6, 6.07) is 0. The Hall–Kier alpha value is 0.850. The topological polar surface area (TPSA) is 118 Å². The third kappa shape index (κ3) is 18.2. The van der Waals surface area contributed by atoms with Gasteiger partial charge in [0.2, 0.25) is 0 Å². The average Bonchev–Trinajstić information content (AvgIpc) is 2.48. The fourth-order valence-corrected chi connectivity index (χ4v) is 2.99. The van der Waals surface area contributed by atoms with Gasteiger partial charge >= 0.3 is 71.1 Å². The van der Waals surface area contributed by atoms with E-state index in [2.05, 4.69) is 6.92 Å². The Kier molecular flexibility index (Phi) is 23.3. The normalized spacial score (nSPS) is 11.8. The van der Waals surface area contributed by atoms with E-state index < -0.39 is 33.7 Å². The summed E-state index contributed by atoms with van der Waals surface area (Å²) in [5.74, 6) is -2.70. The quantitative estimate of drug-likeness (QED) is 0.131. The molecule has 0 rings (SSSR count). The van der Waals surface area contributed by atoms with Crippen LogP contribution in [0.3, 0.4) is 0 Å². The number of hydrogen-bond donors (Lipinski definition) is 2. The van der Waals surface area contributed by atoms with Gasteiger partial charge in [-0.25, -0.2) is 0 Å². The number of carbonyl (C=O) groups excluding carboxylic acids is 1. The van der Waals surface area contributed by atoms with E-state index in [1.165, 1.54) is 38.5 Å². The van der Waals surface area contributed by atoms with Gasteiger partial charge in [0.1, 0.15) is 0 Å². The van der Waals surface area contributed by atoms with Gasteiger partial charge in [-0.2, -0.15) is 8.42 Å².